The summed E-state index contributed by atoms with van der Waals surface area (Å²) in [7, 11) is 1.63. The normalized spacial score (nSPS) is 10.8. The summed E-state index contributed by atoms with van der Waals surface area (Å²) >= 11 is 0. The molecular formula is C19H15N3O3. The molecule has 0 saturated carbocycles. The SMILES string of the molecule is COc1ccc(-c2nc3ccc(NC(=O)c4ccco4)cc3[nH]2)cc1. The van der Waals surface area contributed by atoms with Gasteiger partial charge in [-0.3, -0.25) is 4.79 Å². The highest BCUT2D eigenvalue weighted by Gasteiger charge is 2.10. The Hall–Kier alpha value is -3.54. The molecule has 0 aliphatic rings. The maximum Gasteiger partial charge on any atom is 0.291 e. The molecule has 0 aliphatic heterocycles. The zero-order valence-corrected chi connectivity index (χ0v) is 13.4. The number of amides is 1. The van der Waals surface area contributed by atoms with Gasteiger partial charge in [0.1, 0.15) is 11.6 Å². The molecule has 25 heavy (non-hydrogen) atoms. The molecule has 0 radical (unpaired) electrons. The van der Waals surface area contributed by atoms with E-state index in [1.165, 1.54) is 6.26 Å². The van der Waals surface area contributed by atoms with Crippen molar-refractivity contribution in [2.45, 2.75) is 0 Å². The summed E-state index contributed by atoms with van der Waals surface area (Å²) in [6.07, 6.45) is 1.47. The number of rotatable bonds is 4. The molecule has 2 aromatic heterocycles. The van der Waals surface area contributed by atoms with Gasteiger partial charge in [-0.15, -0.1) is 0 Å². The number of imidazole rings is 1. The Kier molecular flexibility index (Phi) is 3.70. The Balaban J connectivity index is 1.61. The van der Waals surface area contributed by atoms with E-state index in [0.717, 1.165) is 28.2 Å². The number of methoxy groups -OCH3 is 1. The lowest BCUT2D eigenvalue weighted by atomic mass is 10.2. The van der Waals surface area contributed by atoms with Crippen LogP contribution >= 0.6 is 0 Å². The van der Waals surface area contributed by atoms with Gasteiger partial charge in [0.2, 0.25) is 0 Å². The van der Waals surface area contributed by atoms with E-state index in [1.807, 2.05) is 42.5 Å². The lowest BCUT2D eigenvalue weighted by Gasteiger charge is -2.02. The number of hydrogen-bond acceptors (Lipinski definition) is 4. The topological polar surface area (TPSA) is 80.2 Å². The van der Waals surface area contributed by atoms with Crippen molar-refractivity contribution in [2.75, 3.05) is 12.4 Å². The third kappa shape index (κ3) is 2.97. The van der Waals surface area contributed by atoms with Gasteiger partial charge >= 0.3 is 0 Å². The van der Waals surface area contributed by atoms with Crippen molar-refractivity contribution in [1.82, 2.24) is 9.97 Å². The fourth-order valence-electron chi connectivity index (χ4n) is 2.57. The van der Waals surface area contributed by atoms with Crippen LogP contribution in [0.1, 0.15) is 10.6 Å². The average Bonchev–Trinajstić information content (AvgIpc) is 3.31. The first-order valence-electron chi connectivity index (χ1n) is 7.72. The molecule has 4 rings (SSSR count). The Morgan fingerprint density at radius 3 is 2.72 bits per heavy atom. The molecule has 0 aliphatic carbocycles. The second-order valence-electron chi connectivity index (χ2n) is 5.48. The Morgan fingerprint density at radius 1 is 1.16 bits per heavy atom. The lowest BCUT2D eigenvalue weighted by molar-refractivity contribution is 0.0996. The minimum absolute atomic E-state index is 0.267. The summed E-state index contributed by atoms with van der Waals surface area (Å²) in [5.74, 6) is 1.53. The van der Waals surface area contributed by atoms with Crippen molar-refractivity contribution in [3.05, 3.63) is 66.6 Å². The number of H-pyrrole nitrogens is 1. The van der Waals surface area contributed by atoms with Crippen molar-refractivity contribution in [3.63, 3.8) is 0 Å². The zero-order valence-electron chi connectivity index (χ0n) is 13.4. The number of fused-ring (bicyclic) bond motifs is 1. The number of carbonyl (C=O) groups is 1. The number of furan rings is 1. The van der Waals surface area contributed by atoms with Crippen LogP contribution in [0.5, 0.6) is 5.75 Å². The van der Waals surface area contributed by atoms with E-state index in [0.29, 0.717) is 5.69 Å². The summed E-state index contributed by atoms with van der Waals surface area (Å²) in [5.41, 5.74) is 3.28. The van der Waals surface area contributed by atoms with Crippen LogP contribution in [-0.4, -0.2) is 23.0 Å². The molecule has 2 aromatic carbocycles. The first-order chi connectivity index (χ1) is 12.2. The van der Waals surface area contributed by atoms with Gasteiger partial charge in [-0.05, 0) is 54.6 Å². The highest BCUT2D eigenvalue weighted by Crippen LogP contribution is 2.24. The van der Waals surface area contributed by atoms with Gasteiger partial charge in [-0.25, -0.2) is 4.98 Å². The number of carbonyl (C=O) groups excluding carboxylic acids is 1. The standard InChI is InChI=1S/C19H15N3O3/c1-24-14-7-4-12(5-8-14)18-21-15-9-6-13(11-16(15)22-18)20-19(23)17-3-2-10-25-17/h2-11H,1H3,(H,20,23)(H,21,22). The van der Waals surface area contributed by atoms with E-state index in [4.69, 9.17) is 9.15 Å². The van der Waals surface area contributed by atoms with E-state index in [-0.39, 0.29) is 11.7 Å². The molecule has 6 nitrogen and oxygen atoms in total. The minimum Gasteiger partial charge on any atom is -0.497 e. The molecule has 6 heteroatoms. The molecule has 0 saturated heterocycles. The quantitative estimate of drug-likeness (QED) is 0.589. The Labute approximate surface area is 143 Å². The fourth-order valence-corrected chi connectivity index (χ4v) is 2.57. The van der Waals surface area contributed by atoms with E-state index >= 15 is 0 Å². The summed E-state index contributed by atoms with van der Waals surface area (Å²) < 4.78 is 10.3. The van der Waals surface area contributed by atoms with Crippen LogP contribution in [0.2, 0.25) is 0 Å². The molecule has 0 bridgehead atoms. The lowest BCUT2D eigenvalue weighted by Crippen LogP contribution is -2.10. The molecule has 2 heterocycles. The second-order valence-corrected chi connectivity index (χ2v) is 5.48. The zero-order chi connectivity index (χ0) is 17.2. The minimum atomic E-state index is -0.292. The molecule has 0 unspecified atom stereocenters. The Morgan fingerprint density at radius 2 is 2.00 bits per heavy atom. The monoisotopic (exact) mass is 333 g/mol. The highest BCUT2D eigenvalue weighted by atomic mass is 16.5. The van der Waals surface area contributed by atoms with E-state index in [2.05, 4.69) is 15.3 Å². The summed E-state index contributed by atoms with van der Waals surface area (Å²) in [5, 5.41) is 2.80. The number of benzene rings is 2. The molecule has 0 fully saturated rings. The van der Waals surface area contributed by atoms with Gasteiger partial charge in [0.25, 0.3) is 5.91 Å². The van der Waals surface area contributed by atoms with Crippen molar-refractivity contribution in [2.24, 2.45) is 0 Å². The third-order valence-electron chi connectivity index (χ3n) is 3.85. The third-order valence-corrected chi connectivity index (χ3v) is 3.85. The molecular weight excluding hydrogens is 318 g/mol. The predicted molar refractivity (Wildman–Crippen MR) is 94.7 cm³/mol. The van der Waals surface area contributed by atoms with Crippen LogP contribution in [-0.2, 0) is 0 Å². The van der Waals surface area contributed by atoms with Crippen LogP contribution in [0.25, 0.3) is 22.4 Å². The van der Waals surface area contributed by atoms with Crippen molar-refractivity contribution >= 4 is 22.6 Å². The number of anilines is 1. The van der Waals surface area contributed by atoms with Crippen LogP contribution < -0.4 is 10.1 Å². The van der Waals surface area contributed by atoms with Crippen LogP contribution in [0.3, 0.4) is 0 Å². The van der Waals surface area contributed by atoms with Gasteiger partial charge in [-0.1, -0.05) is 0 Å². The number of nitrogens with zero attached hydrogens (tertiary/aromatic N) is 1. The molecule has 124 valence electrons. The number of ether oxygens (including phenoxy) is 1. The van der Waals surface area contributed by atoms with E-state index in [9.17, 15) is 4.79 Å². The summed E-state index contributed by atoms with van der Waals surface area (Å²) in [6, 6.07) is 16.5. The first kappa shape index (κ1) is 15.0. The van der Waals surface area contributed by atoms with Gasteiger partial charge in [0, 0.05) is 11.3 Å². The predicted octanol–water partition coefficient (Wildman–Crippen LogP) is 4.08. The summed E-state index contributed by atoms with van der Waals surface area (Å²) in [4.78, 5) is 19.9. The fraction of sp³-hybridized carbons (Fsp3) is 0.0526. The smallest absolute Gasteiger partial charge is 0.291 e. The van der Waals surface area contributed by atoms with Gasteiger partial charge in [-0.2, -0.15) is 0 Å². The number of nitrogens with one attached hydrogen (secondary N) is 2. The maximum absolute atomic E-state index is 12.1. The van der Waals surface area contributed by atoms with Crippen LogP contribution in [0.15, 0.2) is 65.3 Å². The number of aromatic amines is 1. The van der Waals surface area contributed by atoms with Crippen LogP contribution in [0.4, 0.5) is 5.69 Å². The molecule has 0 spiro atoms. The number of hydrogen-bond donors (Lipinski definition) is 2. The molecule has 1 amide bonds. The molecule has 4 aromatic rings. The van der Waals surface area contributed by atoms with Crippen molar-refractivity contribution in [1.29, 1.82) is 0 Å². The van der Waals surface area contributed by atoms with Crippen molar-refractivity contribution < 1.29 is 13.9 Å². The van der Waals surface area contributed by atoms with Gasteiger partial charge in [0.05, 0.1) is 24.4 Å². The maximum atomic E-state index is 12.1. The molecule has 2 N–H and O–H groups in total. The summed E-state index contributed by atoms with van der Waals surface area (Å²) in [6.45, 7) is 0. The first-order valence-corrected chi connectivity index (χ1v) is 7.72. The van der Waals surface area contributed by atoms with Gasteiger partial charge < -0.3 is 19.5 Å². The van der Waals surface area contributed by atoms with E-state index < -0.39 is 0 Å². The number of aromatic nitrogens is 2. The largest absolute Gasteiger partial charge is 0.497 e. The highest BCUT2D eigenvalue weighted by molar-refractivity contribution is 6.03. The van der Waals surface area contributed by atoms with E-state index in [1.54, 1.807) is 19.2 Å². The average molecular weight is 333 g/mol. The van der Waals surface area contributed by atoms with Crippen molar-refractivity contribution in [3.8, 4) is 17.1 Å². The second kappa shape index (κ2) is 6.16. The van der Waals surface area contributed by atoms with Gasteiger partial charge in [0.15, 0.2) is 5.76 Å². The Bertz CT molecular complexity index is 1020. The van der Waals surface area contributed by atoms with Crippen LogP contribution in [0, 0.1) is 0 Å². The molecule has 0 atom stereocenters.